The van der Waals surface area contributed by atoms with Crippen molar-refractivity contribution in [3.8, 4) is 0 Å². The zero-order valence-electron chi connectivity index (χ0n) is 14.1. The van der Waals surface area contributed by atoms with E-state index in [1.165, 1.54) is 88.6 Å². The molecule has 0 aliphatic carbocycles. The van der Waals surface area contributed by atoms with Crippen LogP contribution in [0.15, 0.2) is 0 Å². The molecule has 0 atom stereocenters. The summed E-state index contributed by atoms with van der Waals surface area (Å²) in [6.07, 6.45) is 16.5. The third-order valence-electron chi connectivity index (χ3n) is 3.87. The third-order valence-corrected chi connectivity index (χ3v) is 6.98. The summed E-state index contributed by atoms with van der Waals surface area (Å²) in [7, 11) is -0.159. The summed E-state index contributed by atoms with van der Waals surface area (Å²) in [5, 5.41) is 0. The molecule has 0 rings (SSSR count). The fourth-order valence-corrected chi connectivity index (χ4v) is 4.92. The van der Waals surface area contributed by atoms with Gasteiger partial charge in [0.25, 0.3) is 0 Å². The molecule has 0 aromatic carbocycles. The smallest absolute Gasteiger partial charge is 0.111 e. The minimum absolute atomic E-state index is 0. The van der Waals surface area contributed by atoms with Crippen molar-refractivity contribution in [2.75, 3.05) is 11.5 Å². The maximum absolute atomic E-state index is 5.92. The first-order valence-corrected chi connectivity index (χ1v) is 10.9. The minimum Gasteiger partial charge on any atom is -0.386 e. The Balaban J connectivity index is 0. The zero-order valence-corrected chi connectivity index (χ0v) is 16.8. The standard InChI is InChI=1S/C17H37NS2.Ni/c1-3-5-7-9-11-13-15-20(17(18)19)16-14-12-10-8-6-4-2;/h20H,3-16H2,1-2H3,(H2,18,19);. The Morgan fingerprint density at radius 2 is 1.05 bits per heavy atom. The maximum atomic E-state index is 5.92. The van der Waals surface area contributed by atoms with Crippen LogP contribution in [0.5, 0.6) is 0 Å². The molecule has 0 saturated carbocycles. The maximum Gasteiger partial charge on any atom is 0.111 e. The second kappa shape index (κ2) is 18.8. The van der Waals surface area contributed by atoms with E-state index in [4.69, 9.17) is 18.0 Å². The van der Waals surface area contributed by atoms with Gasteiger partial charge in [-0.25, -0.2) is 10.9 Å². The third kappa shape index (κ3) is 16.9. The number of hydrogen-bond donors (Lipinski definition) is 2. The molecule has 0 spiro atoms. The molecular formula is C17H37NNiS2. The van der Waals surface area contributed by atoms with Gasteiger partial charge in [-0.05, 0) is 24.3 Å². The molecule has 0 aromatic rings. The molecule has 2 N–H and O–H groups in total. The molecule has 0 radical (unpaired) electrons. The van der Waals surface area contributed by atoms with Crippen LogP contribution in [0.2, 0.25) is 0 Å². The van der Waals surface area contributed by atoms with Gasteiger partial charge in [0.15, 0.2) is 0 Å². The van der Waals surface area contributed by atoms with E-state index in [-0.39, 0.29) is 27.4 Å². The van der Waals surface area contributed by atoms with Crippen LogP contribution in [0.1, 0.15) is 90.9 Å². The van der Waals surface area contributed by atoms with Gasteiger partial charge in [-0.3, -0.25) is 0 Å². The predicted octanol–water partition coefficient (Wildman–Crippen LogP) is 5.95. The Bertz CT molecular complexity index is 209. The number of rotatable bonds is 14. The van der Waals surface area contributed by atoms with Gasteiger partial charge < -0.3 is 5.73 Å². The summed E-state index contributed by atoms with van der Waals surface area (Å²) in [6.45, 7) is 4.54. The molecule has 21 heavy (non-hydrogen) atoms. The Morgan fingerprint density at radius 3 is 1.38 bits per heavy atom. The van der Waals surface area contributed by atoms with Gasteiger partial charge in [0.05, 0.1) is 0 Å². The van der Waals surface area contributed by atoms with Gasteiger partial charge in [-0.2, -0.15) is 0 Å². The summed E-state index contributed by atoms with van der Waals surface area (Å²) in [6, 6.07) is 0. The van der Waals surface area contributed by atoms with Gasteiger partial charge in [0, 0.05) is 16.5 Å². The Labute approximate surface area is 151 Å². The molecule has 0 aromatic heterocycles. The first-order chi connectivity index (χ1) is 9.72. The van der Waals surface area contributed by atoms with Crippen LogP contribution < -0.4 is 5.73 Å². The van der Waals surface area contributed by atoms with Gasteiger partial charge in [-0.15, -0.1) is 0 Å². The largest absolute Gasteiger partial charge is 0.386 e. The monoisotopic (exact) mass is 377 g/mol. The van der Waals surface area contributed by atoms with Crippen LogP contribution in [-0.4, -0.2) is 15.8 Å². The first-order valence-electron chi connectivity index (χ1n) is 8.76. The average Bonchev–Trinajstić information content (AvgIpc) is 2.43. The number of thiocarbonyl (C=S) groups is 1. The molecule has 0 aliphatic heterocycles. The van der Waals surface area contributed by atoms with E-state index in [1.807, 2.05) is 0 Å². The van der Waals surface area contributed by atoms with Crippen LogP contribution in [-0.2, 0) is 16.5 Å². The Hall–Kier alpha value is 0.734. The molecule has 0 aliphatic rings. The summed E-state index contributed by atoms with van der Waals surface area (Å²) >= 11 is 5.26. The van der Waals surface area contributed by atoms with Gasteiger partial charge in [-0.1, -0.05) is 90.3 Å². The molecule has 0 saturated heterocycles. The SMILES string of the molecule is CCCCCCCC[SH](CCCCCCCC)C(N)=S.[Ni]. The normalized spacial score (nSPS) is 11.0. The molecular weight excluding hydrogens is 341 g/mol. The Morgan fingerprint density at radius 1 is 0.714 bits per heavy atom. The fraction of sp³-hybridized carbons (Fsp3) is 0.941. The molecule has 0 bridgehead atoms. The number of nitrogens with two attached hydrogens (primary N) is 1. The number of thiol groups is 1. The van der Waals surface area contributed by atoms with E-state index in [1.54, 1.807) is 0 Å². The molecule has 0 unspecified atom stereocenters. The van der Waals surface area contributed by atoms with Crippen molar-refractivity contribution in [2.45, 2.75) is 90.9 Å². The van der Waals surface area contributed by atoms with Crippen molar-refractivity contribution in [3.05, 3.63) is 0 Å². The van der Waals surface area contributed by atoms with Crippen molar-refractivity contribution in [3.63, 3.8) is 0 Å². The van der Waals surface area contributed by atoms with E-state index >= 15 is 0 Å². The van der Waals surface area contributed by atoms with Crippen molar-refractivity contribution in [1.29, 1.82) is 0 Å². The second-order valence-corrected chi connectivity index (χ2v) is 9.06. The molecule has 1 nitrogen and oxygen atoms in total. The molecule has 0 fully saturated rings. The summed E-state index contributed by atoms with van der Waals surface area (Å²) in [5.41, 5.74) is 5.92. The summed E-state index contributed by atoms with van der Waals surface area (Å²) < 4.78 is 0.821. The van der Waals surface area contributed by atoms with Crippen LogP contribution in [0, 0.1) is 0 Å². The van der Waals surface area contributed by atoms with Crippen molar-refractivity contribution >= 4 is 27.4 Å². The van der Waals surface area contributed by atoms with Crippen LogP contribution in [0.3, 0.4) is 0 Å². The second-order valence-electron chi connectivity index (χ2n) is 5.86. The van der Waals surface area contributed by atoms with Gasteiger partial charge in [0.2, 0.25) is 0 Å². The average molecular weight is 378 g/mol. The predicted molar refractivity (Wildman–Crippen MR) is 102 cm³/mol. The van der Waals surface area contributed by atoms with Crippen molar-refractivity contribution in [1.82, 2.24) is 0 Å². The fourth-order valence-electron chi connectivity index (χ4n) is 2.50. The summed E-state index contributed by atoms with van der Waals surface area (Å²) in [4.78, 5) is 0. The number of unbranched alkanes of at least 4 members (excludes halogenated alkanes) is 10. The van der Waals surface area contributed by atoms with E-state index < -0.39 is 0 Å². The van der Waals surface area contributed by atoms with Gasteiger partial charge in [0.1, 0.15) is 4.32 Å². The molecule has 132 valence electrons. The Kier molecular flexibility index (Phi) is 21.5. The van der Waals surface area contributed by atoms with E-state index in [0.717, 1.165) is 4.32 Å². The minimum atomic E-state index is -0.159. The van der Waals surface area contributed by atoms with Crippen molar-refractivity contribution < 1.29 is 16.5 Å². The molecule has 0 amide bonds. The van der Waals surface area contributed by atoms with E-state index in [0.29, 0.717) is 0 Å². The van der Waals surface area contributed by atoms with Crippen molar-refractivity contribution in [2.24, 2.45) is 5.73 Å². The van der Waals surface area contributed by atoms with Crippen LogP contribution >= 0.6 is 23.1 Å². The zero-order chi connectivity index (χ0) is 15.1. The number of hydrogen-bond acceptors (Lipinski definition) is 1. The van der Waals surface area contributed by atoms with Gasteiger partial charge >= 0.3 is 0 Å². The van der Waals surface area contributed by atoms with Crippen LogP contribution in [0.4, 0.5) is 0 Å². The quantitative estimate of drug-likeness (QED) is 0.169. The summed E-state index contributed by atoms with van der Waals surface area (Å²) in [5.74, 6) is 2.57. The topological polar surface area (TPSA) is 26.0 Å². The molecule has 0 heterocycles. The van der Waals surface area contributed by atoms with Crippen LogP contribution in [0.25, 0.3) is 0 Å². The molecule has 4 heteroatoms. The first kappa shape index (κ1) is 24.0. The van der Waals surface area contributed by atoms with E-state index in [9.17, 15) is 0 Å². The van der Waals surface area contributed by atoms with E-state index in [2.05, 4.69) is 13.8 Å².